The molecule has 0 atom stereocenters. The number of nitrogens with zero attached hydrogens (tertiary/aromatic N) is 6. The summed E-state index contributed by atoms with van der Waals surface area (Å²) in [5, 5.41) is 8.46. The van der Waals surface area contributed by atoms with Crippen LogP contribution in [0.3, 0.4) is 0 Å². The molecule has 0 unspecified atom stereocenters. The number of aryl methyl sites for hydroxylation is 2. The van der Waals surface area contributed by atoms with E-state index in [-0.39, 0.29) is 29.6 Å². The van der Waals surface area contributed by atoms with Gasteiger partial charge in [-0.25, -0.2) is 14.6 Å². The molecule has 4 aromatic heterocycles. The number of pyridine rings is 2. The lowest BCUT2D eigenvalue weighted by atomic mass is 10.1. The zero-order valence-electron chi connectivity index (χ0n) is 20.3. The van der Waals surface area contributed by atoms with Gasteiger partial charge in [0.1, 0.15) is 22.9 Å². The van der Waals surface area contributed by atoms with Crippen molar-refractivity contribution >= 4 is 39.6 Å². The second-order valence-corrected chi connectivity index (χ2v) is 9.08. The van der Waals surface area contributed by atoms with Crippen molar-refractivity contribution in [2.75, 3.05) is 6.54 Å². The number of hydrogen-bond donors (Lipinski definition) is 1. The van der Waals surface area contributed by atoms with Crippen molar-refractivity contribution in [1.82, 2.24) is 34.2 Å². The summed E-state index contributed by atoms with van der Waals surface area (Å²) in [5.41, 5.74) is 2.17. The smallest absolute Gasteiger partial charge is 0.264 e. The van der Waals surface area contributed by atoms with Crippen LogP contribution in [0.2, 0.25) is 5.02 Å². The molecule has 0 saturated carbocycles. The van der Waals surface area contributed by atoms with Gasteiger partial charge in [-0.3, -0.25) is 19.0 Å². The minimum Gasteiger partial charge on any atom is -0.350 e. The van der Waals surface area contributed by atoms with Crippen molar-refractivity contribution in [3.63, 3.8) is 0 Å². The maximum atomic E-state index is 12.9. The summed E-state index contributed by atoms with van der Waals surface area (Å²) in [4.78, 5) is 47.6. The average molecular weight is 518 g/mol. The highest BCUT2D eigenvalue weighted by Crippen LogP contribution is 2.12. The Morgan fingerprint density at radius 2 is 1.81 bits per heavy atom. The van der Waals surface area contributed by atoms with Crippen molar-refractivity contribution in [1.29, 1.82) is 0 Å². The van der Waals surface area contributed by atoms with Crippen LogP contribution < -0.4 is 16.3 Å². The fourth-order valence-corrected chi connectivity index (χ4v) is 4.32. The second kappa shape index (κ2) is 9.98. The normalized spacial score (nSPS) is 11.3. The van der Waals surface area contributed by atoms with Crippen molar-refractivity contribution < 1.29 is 4.79 Å². The maximum absolute atomic E-state index is 12.9. The van der Waals surface area contributed by atoms with E-state index >= 15 is 0 Å². The molecule has 4 heterocycles. The molecule has 0 fully saturated rings. The number of aromatic nitrogens is 6. The van der Waals surface area contributed by atoms with Gasteiger partial charge in [0.15, 0.2) is 5.65 Å². The standard InChI is InChI=1S/C26H24ClN7O3/c1-3-32-14-21(22(35)19-9-4-16(2)31-24(19)32)25(36)28-10-11-34-23-20(12-30-34)26(37)33(15-29-23)13-17-5-7-18(27)8-6-17/h4-9,12,14-15H,3,10-11,13H2,1-2H3,(H,28,36). The third kappa shape index (κ3) is 4.75. The Kier molecular flexibility index (Phi) is 6.58. The fraction of sp³-hybridized carbons (Fsp3) is 0.231. The molecule has 10 nitrogen and oxygen atoms in total. The van der Waals surface area contributed by atoms with Crippen LogP contribution in [0, 0.1) is 6.92 Å². The Bertz CT molecular complexity index is 1750. The van der Waals surface area contributed by atoms with Crippen LogP contribution >= 0.6 is 11.6 Å². The first-order valence-electron chi connectivity index (χ1n) is 11.8. The minimum atomic E-state index is -0.482. The first-order chi connectivity index (χ1) is 17.9. The van der Waals surface area contributed by atoms with Gasteiger partial charge in [-0.15, -0.1) is 0 Å². The van der Waals surface area contributed by atoms with Gasteiger partial charge in [-0.2, -0.15) is 5.10 Å². The zero-order chi connectivity index (χ0) is 26.1. The largest absolute Gasteiger partial charge is 0.350 e. The summed E-state index contributed by atoms with van der Waals surface area (Å²) in [5.74, 6) is -0.482. The van der Waals surface area contributed by atoms with Gasteiger partial charge in [0.05, 0.1) is 24.7 Å². The van der Waals surface area contributed by atoms with Gasteiger partial charge in [-0.1, -0.05) is 23.7 Å². The molecule has 0 radical (unpaired) electrons. The summed E-state index contributed by atoms with van der Waals surface area (Å²) >= 11 is 5.94. The van der Waals surface area contributed by atoms with E-state index in [0.717, 1.165) is 11.3 Å². The lowest BCUT2D eigenvalue weighted by molar-refractivity contribution is 0.0950. The molecular weight excluding hydrogens is 494 g/mol. The van der Waals surface area contributed by atoms with Gasteiger partial charge in [0.25, 0.3) is 11.5 Å². The molecule has 11 heteroatoms. The highest BCUT2D eigenvalue weighted by Gasteiger charge is 2.16. The molecular formula is C26H24ClN7O3. The van der Waals surface area contributed by atoms with Crippen LogP contribution in [0.4, 0.5) is 0 Å². The molecule has 188 valence electrons. The Morgan fingerprint density at radius 3 is 2.57 bits per heavy atom. The first-order valence-corrected chi connectivity index (χ1v) is 12.2. The minimum absolute atomic E-state index is 0.0496. The summed E-state index contributed by atoms with van der Waals surface area (Å²) in [6.45, 7) is 5.17. The van der Waals surface area contributed by atoms with Crippen LogP contribution in [0.5, 0.6) is 0 Å². The van der Waals surface area contributed by atoms with Crippen LogP contribution in [0.25, 0.3) is 22.1 Å². The monoisotopic (exact) mass is 517 g/mol. The van der Waals surface area contributed by atoms with Gasteiger partial charge >= 0.3 is 0 Å². The lowest BCUT2D eigenvalue weighted by Crippen LogP contribution is -2.32. The molecule has 0 saturated heterocycles. The average Bonchev–Trinajstić information content (AvgIpc) is 3.30. The number of amides is 1. The molecule has 5 aromatic rings. The molecule has 5 rings (SSSR count). The molecule has 0 spiro atoms. The number of nitrogens with one attached hydrogen (secondary N) is 1. The number of carbonyl (C=O) groups excluding carboxylic acids is 1. The summed E-state index contributed by atoms with van der Waals surface area (Å²) in [6, 6.07) is 10.7. The third-order valence-corrected chi connectivity index (χ3v) is 6.40. The quantitative estimate of drug-likeness (QED) is 0.355. The highest BCUT2D eigenvalue weighted by atomic mass is 35.5. The highest BCUT2D eigenvalue weighted by molar-refractivity contribution is 6.30. The molecule has 0 aliphatic carbocycles. The maximum Gasteiger partial charge on any atom is 0.264 e. The van der Waals surface area contributed by atoms with Crippen LogP contribution in [-0.2, 0) is 19.6 Å². The van der Waals surface area contributed by atoms with E-state index in [9.17, 15) is 14.4 Å². The van der Waals surface area contributed by atoms with E-state index in [2.05, 4.69) is 20.4 Å². The van der Waals surface area contributed by atoms with Crippen LogP contribution in [0.15, 0.2) is 64.7 Å². The molecule has 0 aliphatic rings. The molecule has 0 aliphatic heterocycles. The predicted molar refractivity (Wildman–Crippen MR) is 141 cm³/mol. The summed E-state index contributed by atoms with van der Waals surface area (Å²) in [6.07, 6.45) is 4.50. The molecule has 1 N–H and O–H groups in total. The Morgan fingerprint density at radius 1 is 1.03 bits per heavy atom. The van der Waals surface area contributed by atoms with E-state index in [1.807, 2.05) is 26.0 Å². The van der Waals surface area contributed by atoms with E-state index in [4.69, 9.17) is 11.6 Å². The first kappa shape index (κ1) is 24.4. The molecule has 0 bridgehead atoms. The predicted octanol–water partition coefficient (Wildman–Crippen LogP) is 2.76. The van der Waals surface area contributed by atoms with E-state index in [1.54, 1.807) is 39.7 Å². The van der Waals surface area contributed by atoms with E-state index < -0.39 is 5.91 Å². The van der Waals surface area contributed by atoms with Gasteiger partial charge in [0.2, 0.25) is 5.43 Å². The number of halogens is 1. The Labute approximate surface area is 216 Å². The van der Waals surface area contributed by atoms with Gasteiger partial charge in [-0.05, 0) is 43.7 Å². The Balaban J connectivity index is 1.32. The second-order valence-electron chi connectivity index (χ2n) is 8.65. The number of benzene rings is 1. The van der Waals surface area contributed by atoms with E-state index in [1.165, 1.54) is 17.1 Å². The Hall–Kier alpha value is -4.31. The third-order valence-electron chi connectivity index (χ3n) is 6.14. The van der Waals surface area contributed by atoms with E-state index in [0.29, 0.717) is 40.2 Å². The zero-order valence-corrected chi connectivity index (χ0v) is 21.1. The number of carbonyl (C=O) groups is 1. The fourth-order valence-electron chi connectivity index (χ4n) is 4.19. The number of fused-ring (bicyclic) bond motifs is 2. The van der Waals surface area contributed by atoms with Crippen molar-refractivity contribution in [3.05, 3.63) is 97.5 Å². The lowest BCUT2D eigenvalue weighted by Gasteiger charge is -2.12. The number of rotatable bonds is 7. The van der Waals surface area contributed by atoms with Crippen molar-refractivity contribution in [2.45, 2.75) is 33.5 Å². The molecule has 1 aromatic carbocycles. The van der Waals surface area contributed by atoms with Crippen molar-refractivity contribution in [3.8, 4) is 0 Å². The summed E-state index contributed by atoms with van der Waals surface area (Å²) in [7, 11) is 0. The number of hydrogen-bond acceptors (Lipinski definition) is 6. The van der Waals surface area contributed by atoms with Crippen LogP contribution in [0.1, 0.15) is 28.5 Å². The van der Waals surface area contributed by atoms with Gasteiger partial charge < -0.3 is 9.88 Å². The summed E-state index contributed by atoms with van der Waals surface area (Å²) < 4.78 is 4.86. The molecule has 1 amide bonds. The topological polar surface area (TPSA) is 117 Å². The van der Waals surface area contributed by atoms with Gasteiger partial charge in [0, 0.05) is 30.0 Å². The SMILES string of the molecule is CCn1cc(C(=O)NCCn2ncc3c(=O)n(Cc4ccc(Cl)cc4)cnc32)c(=O)c2ccc(C)nc21. The molecule has 37 heavy (non-hydrogen) atoms. The van der Waals surface area contributed by atoms with Crippen LogP contribution in [-0.4, -0.2) is 41.3 Å². The van der Waals surface area contributed by atoms with Crippen molar-refractivity contribution in [2.24, 2.45) is 0 Å².